The molecule has 0 heterocycles. The molecule has 0 radical (unpaired) electrons. The van der Waals surface area contributed by atoms with Crippen LogP contribution in [0.4, 0.5) is 0 Å². The largest absolute Gasteiger partial charge is 0.479 e. The summed E-state index contributed by atoms with van der Waals surface area (Å²) in [6.07, 6.45) is -3.80. The van der Waals surface area contributed by atoms with Gasteiger partial charge >= 0.3 is 11.9 Å². The molecule has 0 aromatic heterocycles. The standard InChI is InChI=1S/3C5H12N4.C4H6O6.CH4/c3*1-9(2)5(8)3-4(6)7;5-1(3(7)8)2(6)4(9)10;/h3*8H,3H2,1-2H3,(H3,6,7);1-2,5-6H,(H,7,8)(H,9,10);1H4. The number of aliphatic carboxylic acids is 2. The van der Waals surface area contributed by atoms with E-state index in [1.54, 1.807) is 57.0 Å². The van der Waals surface area contributed by atoms with Crippen LogP contribution in [0.3, 0.4) is 0 Å². The van der Waals surface area contributed by atoms with Gasteiger partial charge in [0, 0.05) is 42.3 Å². The average Bonchev–Trinajstić information content (AvgIpc) is 2.72. The lowest BCUT2D eigenvalue weighted by atomic mass is 10.2. The van der Waals surface area contributed by atoms with Crippen molar-refractivity contribution in [2.24, 2.45) is 17.2 Å². The van der Waals surface area contributed by atoms with Crippen molar-refractivity contribution in [3.8, 4) is 0 Å². The van der Waals surface area contributed by atoms with Crippen LogP contribution in [0.1, 0.15) is 26.7 Å². The van der Waals surface area contributed by atoms with Crippen molar-refractivity contribution >= 4 is 47.0 Å². The third kappa shape index (κ3) is 29.7. The van der Waals surface area contributed by atoms with Crippen molar-refractivity contribution in [1.29, 1.82) is 32.5 Å². The molecule has 16 N–H and O–H groups in total. The maximum Gasteiger partial charge on any atom is 0.335 e. The summed E-state index contributed by atoms with van der Waals surface area (Å²) in [5, 5.41) is 74.5. The van der Waals surface area contributed by atoms with Gasteiger partial charge in [-0.3, -0.25) is 32.5 Å². The fraction of sp³-hybridized carbons (Fsp3) is 0.600. The van der Waals surface area contributed by atoms with Crippen molar-refractivity contribution in [3.05, 3.63) is 0 Å². The lowest BCUT2D eigenvalue weighted by Gasteiger charge is -2.11. The Morgan fingerprint density at radius 1 is 0.579 bits per heavy atom. The van der Waals surface area contributed by atoms with Gasteiger partial charge in [0.05, 0.1) is 36.8 Å². The number of aliphatic hydroxyl groups is 2. The number of rotatable bonds is 9. The lowest BCUT2D eigenvalue weighted by Crippen LogP contribution is -2.39. The zero-order valence-corrected chi connectivity index (χ0v) is 22.0. The van der Waals surface area contributed by atoms with Crippen LogP contribution in [0.5, 0.6) is 0 Å². The van der Waals surface area contributed by atoms with Crippen LogP contribution in [0.15, 0.2) is 0 Å². The van der Waals surface area contributed by atoms with Crippen molar-refractivity contribution in [2.45, 2.75) is 38.9 Å². The summed E-state index contributed by atoms with van der Waals surface area (Å²) in [4.78, 5) is 24.4. The number of carboxylic acid groups (broad SMARTS) is 2. The first-order valence-corrected chi connectivity index (χ1v) is 10.1. The zero-order chi connectivity index (χ0) is 30.6. The van der Waals surface area contributed by atoms with E-state index >= 15 is 0 Å². The van der Waals surface area contributed by atoms with Crippen molar-refractivity contribution in [3.63, 3.8) is 0 Å². The van der Waals surface area contributed by atoms with E-state index in [9.17, 15) is 9.59 Å². The van der Waals surface area contributed by atoms with Crippen LogP contribution >= 0.6 is 0 Å². The Morgan fingerprint density at radius 2 is 0.737 bits per heavy atom. The van der Waals surface area contributed by atoms with Gasteiger partial charge in [0.2, 0.25) is 0 Å². The highest BCUT2D eigenvalue weighted by atomic mass is 16.4. The molecule has 0 fully saturated rings. The minimum atomic E-state index is -2.27. The molecule has 0 aromatic rings. The van der Waals surface area contributed by atoms with E-state index in [0.717, 1.165) is 0 Å². The van der Waals surface area contributed by atoms with Gasteiger partial charge in [-0.2, -0.15) is 0 Å². The van der Waals surface area contributed by atoms with E-state index in [4.69, 9.17) is 70.1 Å². The molecule has 0 aliphatic carbocycles. The predicted octanol–water partition coefficient (Wildman–Crippen LogP) is -1.93. The molecule has 2 unspecified atom stereocenters. The van der Waals surface area contributed by atoms with Gasteiger partial charge in [-0.15, -0.1) is 0 Å². The number of amidine groups is 6. The molecule has 0 aromatic carbocycles. The van der Waals surface area contributed by atoms with E-state index in [1.165, 1.54) is 0 Å². The molecule has 0 aliphatic rings. The number of nitrogens with one attached hydrogen (secondary N) is 6. The van der Waals surface area contributed by atoms with E-state index in [2.05, 4.69) is 0 Å². The molecule has 38 heavy (non-hydrogen) atoms. The Labute approximate surface area is 223 Å². The number of hydrogen-bond donors (Lipinski definition) is 13. The zero-order valence-electron chi connectivity index (χ0n) is 22.0. The predicted molar refractivity (Wildman–Crippen MR) is 148 cm³/mol. The molecule has 0 rings (SSSR count). The number of aliphatic hydroxyl groups excluding tert-OH is 2. The SMILES string of the molecule is C.CN(C)C(=N)CC(=N)N.CN(C)C(=N)CC(=N)N.CN(C)C(=N)CC(=N)N.O=C(O)C(O)C(O)C(=O)O. The van der Waals surface area contributed by atoms with Crippen LogP contribution < -0.4 is 17.2 Å². The monoisotopic (exact) mass is 550 g/mol. The smallest absolute Gasteiger partial charge is 0.335 e. The number of hydrogen-bond acceptors (Lipinski definition) is 10. The Balaban J connectivity index is -0.000000126. The lowest BCUT2D eigenvalue weighted by molar-refractivity contribution is -0.165. The molecule has 0 saturated carbocycles. The van der Waals surface area contributed by atoms with Gasteiger partial charge in [0.25, 0.3) is 0 Å². The van der Waals surface area contributed by atoms with Crippen molar-refractivity contribution < 1.29 is 30.0 Å². The Hall–Kier alpha value is -4.32. The summed E-state index contributed by atoms with van der Waals surface area (Å²) in [7, 11) is 10.5. The van der Waals surface area contributed by atoms with Crippen LogP contribution in [0, 0.1) is 32.5 Å². The van der Waals surface area contributed by atoms with Crippen molar-refractivity contribution in [2.75, 3.05) is 42.3 Å². The highest BCUT2D eigenvalue weighted by molar-refractivity contribution is 5.99. The molecule has 0 bridgehead atoms. The van der Waals surface area contributed by atoms with Crippen LogP contribution in [0.25, 0.3) is 0 Å². The number of carbonyl (C=O) groups is 2. The first-order chi connectivity index (χ1) is 16.6. The van der Waals surface area contributed by atoms with E-state index in [1.807, 2.05) is 0 Å². The Morgan fingerprint density at radius 3 is 0.789 bits per heavy atom. The van der Waals surface area contributed by atoms with E-state index < -0.39 is 24.1 Å². The first kappa shape index (κ1) is 43.7. The average molecular weight is 551 g/mol. The summed E-state index contributed by atoms with van der Waals surface area (Å²) >= 11 is 0. The second kappa shape index (κ2) is 23.1. The highest BCUT2D eigenvalue weighted by Gasteiger charge is 2.29. The maximum absolute atomic E-state index is 9.77. The first-order valence-electron chi connectivity index (χ1n) is 10.1. The van der Waals surface area contributed by atoms with Gasteiger partial charge in [0.1, 0.15) is 17.5 Å². The molecule has 18 nitrogen and oxygen atoms in total. The summed E-state index contributed by atoms with van der Waals surface area (Å²) in [5.74, 6) is -2.34. The molecule has 18 heteroatoms. The number of nitrogens with two attached hydrogens (primary N) is 3. The van der Waals surface area contributed by atoms with Crippen LogP contribution in [0.2, 0.25) is 0 Å². The third-order valence-electron chi connectivity index (χ3n) is 3.50. The molecule has 0 spiro atoms. The number of nitrogens with zero attached hydrogens (tertiary/aromatic N) is 3. The second-order valence-electron chi connectivity index (χ2n) is 7.70. The number of carboxylic acids is 2. The van der Waals surface area contributed by atoms with Gasteiger partial charge in [-0.05, 0) is 0 Å². The Kier molecular flexibility index (Phi) is 26.6. The van der Waals surface area contributed by atoms with Gasteiger partial charge in [-0.1, -0.05) is 7.43 Å². The van der Waals surface area contributed by atoms with Gasteiger partial charge in [-0.25, -0.2) is 9.59 Å². The third-order valence-corrected chi connectivity index (χ3v) is 3.50. The molecule has 0 aliphatic heterocycles. The summed E-state index contributed by atoms with van der Waals surface area (Å²) in [6, 6.07) is 0. The quantitative estimate of drug-likeness (QED) is 0.110. The molecule has 222 valence electrons. The summed E-state index contributed by atoms with van der Waals surface area (Å²) < 4.78 is 0. The summed E-state index contributed by atoms with van der Waals surface area (Å²) in [6.45, 7) is 0. The maximum atomic E-state index is 9.77. The molecule has 0 amide bonds. The van der Waals surface area contributed by atoms with E-state index in [0.29, 0.717) is 17.5 Å². The molecule has 0 saturated heterocycles. The normalized spacial score (nSPS) is 10.3. The van der Waals surface area contributed by atoms with Gasteiger partial charge < -0.3 is 52.3 Å². The highest BCUT2D eigenvalue weighted by Crippen LogP contribution is 1.92. The minimum Gasteiger partial charge on any atom is -0.479 e. The second-order valence-corrected chi connectivity index (χ2v) is 7.70. The van der Waals surface area contributed by atoms with Crippen molar-refractivity contribution in [1.82, 2.24) is 14.7 Å². The topological polar surface area (TPSA) is 346 Å². The fourth-order valence-electron chi connectivity index (χ4n) is 1.29. The molecule has 2 atom stereocenters. The van der Waals surface area contributed by atoms with Crippen LogP contribution in [-0.4, -0.2) is 137 Å². The Bertz CT molecular complexity index is 720. The van der Waals surface area contributed by atoms with Crippen LogP contribution in [-0.2, 0) is 9.59 Å². The summed E-state index contributed by atoms with van der Waals surface area (Å²) in [5.41, 5.74) is 15.1. The minimum absolute atomic E-state index is 0. The molecular formula is C20H46N12O6. The van der Waals surface area contributed by atoms with E-state index in [-0.39, 0.29) is 44.2 Å². The van der Waals surface area contributed by atoms with Gasteiger partial charge in [0.15, 0.2) is 12.2 Å². The molecular weight excluding hydrogens is 504 g/mol. The fourth-order valence-corrected chi connectivity index (χ4v) is 1.29.